The first-order chi connectivity index (χ1) is 20.8. The van der Waals surface area contributed by atoms with Crippen molar-refractivity contribution in [1.82, 2.24) is 9.13 Å². The summed E-state index contributed by atoms with van der Waals surface area (Å²) in [5.74, 6) is 0. The molecule has 4 heteroatoms. The second kappa shape index (κ2) is 9.24. The van der Waals surface area contributed by atoms with Gasteiger partial charge >= 0.3 is 0 Å². The van der Waals surface area contributed by atoms with E-state index in [4.69, 9.17) is 0 Å². The lowest BCUT2D eigenvalue weighted by molar-refractivity contribution is 1.14. The lowest BCUT2D eigenvalue weighted by Gasteiger charge is -2.14. The van der Waals surface area contributed by atoms with Crippen molar-refractivity contribution in [2.75, 3.05) is 0 Å². The van der Waals surface area contributed by atoms with E-state index < -0.39 is 0 Å². The predicted octanol–water partition coefficient (Wildman–Crippen LogP) is 9.29. The van der Waals surface area contributed by atoms with Crippen LogP contribution in [0.2, 0.25) is 0 Å². The summed E-state index contributed by atoms with van der Waals surface area (Å²) in [4.78, 5) is 0. The fraction of sp³-hybridized carbons (Fsp3) is 0. The van der Waals surface area contributed by atoms with Gasteiger partial charge in [-0.05, 0) is 54.6 Å². The molecule has 4 nitrogen and oxygen atoms in total. The van der Waals surface area contributed by atoms with Gasteiger partial charge in [-0.25, -0.2) is 0 Å². The first-order valence-corrected chi connectivity index (χ1v) is 13.8. The summed E-state index contributed by atoms with van der Waals surface area (Å²) in [5.41, 5.74) is 8.97. The van der Waals surface area contributed by atoms with Crippen LogP contribution in [0.25, 0.3) is 66.1 Å². The molecule has 194 valence electrons. The van der Waals surface area contributed by atoms with Crippen LogP contribution >= 0.6 is 0 Å². The van der Waals surface area contributed by atoms with Crippen molar-refractivity contribution >= 4 is 43.6 Å². The van der Waals surface area contributed by atoms with Gasteiger partial charge in [-0.3, -0.25) is 0 Å². The maximum atomic E-state index is 10.0. The number of hydrogen-bond donors (Lipinski definition) is 0. The average Bonchev–Trinajstić information content (AvgIpc) is 3.58. The third-order valence-corrected chi connectivity index (χ3v) is 8.22. The zero-order chi connectivity index (χ0) is 28.2. The topological polar surface area (TPSA) is 57.4 Å². The van der Waals surface area contributed by atoms with Gasteiger partial charge in [0.1, 0.15) is 0 Å². The van der Waals surface area contributed by atoms with Gasteiger partial charge in [0.2, 0.25) is 0 Å². The molecule has 2 heterocycles. The molecular weight excluding hydrogens is 512 g/mol. The molecule has 0 atom stereocenters. The number of benzene rings is 6. The average molecular weight is 535 g/mol. The van der Waals surface area contributed by atoms with Crippen LogP contribution in [0.15, 0.2) is 133 Å². The van der Waals surface area contributed by atoms with Crippen molar-refractivity contribution in [2.45, 2.75) is 0 Å². The van der Waals surface area contributed by atoms with E-state index in [9.17, 15) is 10.5 Å². The second-order valence-electron chi connectivity index (χ2n) is 10.4. The highest BCUT2D eigenvalue weighted by atomic mass is 15.0. The molecule has 0 saturated heterocycles. The molecule has 2 aromatic heterocycles. The van der Waals surface area contributed by atoms with E-state index in [2.05, 4.69) is 112 Å². The van der Waals surface area contributed by atoms with Gasteiger partial charge in [0.25, 0.3) is 0 Å². The number of nitriles is 2. The molecule has 0 amide bonds. The van der Waals surface area contributed by atoms with E-state index >= 15 is 0 Å². The van der Waals surface area contributed by atoms with Crippen molar-refractivity contribution in [3.8, 4) is 34.6 Å². The van der Waals surface area contributed by atoms with Crippen molar-refractivity contribution in [3.63, 3.8) is 0 Å². The highest BCUT2D eigenvalue weighted by Crippen LogP contribution is 2.40. The molecule has 0 unspecified atom stereocenters. The van der Waals surface area contributed by atoms with E-state index in [1.54, 1.807) is 18.2 Å². The SMILES string of the molecule is N#Cc1cccc(C#N)c1-c1cccc2c3ccccc3n(-c3ccc(-n4c5ccccc5c5ccccc54)cc3)c12. The Morgan fingerprint density at radius 2 is 0.833 bits per heavy atom. The van der Waals surface area contributed by atoms with Crippen LogP contribution in [-0.2, 0) is 0 Å². The zero-order valence-electron chi connectivity index (χ0n) is 22.5. The smallest absolute Gasteiger partial charge is 0.0998 e. The largest absolute Gasteiger partial charge is 0.309 e. The van der Waals surface area contributed by atoms with Gasteiger partial charge in [0, 0.05) is 44.0 Å². The summed E-state index contributed by atoms with van der Waals surface area (Å²) in [7, 11) is 0. The molecular formula is C38H22N4. The van der Waals surface area contributed by atoms with Crippen LogP contribution in [0.5, 0.6) is 0 Å². The minimum absolute atomic E-state index is 0.486. The molecule has 0 radical (unpaired) electrons. The van der Waals surface area contributed by atoms with Crippen LogP contribution in [0.3, 0.4) is 0 Å². The third-order valence-electron chi connectivity index (χ3n) is 8.22. The van der Waals surface area contributed by atoms with Gasteiger partial charge < -0.3 is 9.13 Å². The highest BCUT2D eigenvalue weighted by molar-refractivity contribution is 6.14. The molecule has 6 aromatic carbocycles. The summed E-state index contributed by atoms with van der Waals surface area (Å²) >= 11 is 0. The van der Waals surface area contributed by atoms with E-state index in [1.807, 2.05) is 24.3 Å². The molecule has 0 aliphatic rings. The Morgan fingerprint density at radius 1 is 0.405 bits per heavy atom. The third kappa shape index (κ3) is 3.33. The van der Waals surface area contributed by atoms with E-state index in [0.717, 1.165) is 38.7 Å². The van der Waals surface area contributed by atoms with Crippen LogP contribution in [0, 0.1) is 22.7 Å². The molecule has 0 spiro atoms. The summed E-state index contributed by atoms with van der Waals surface area (Å²) in [6.07, 6.45) is 0. The number of hydrogen-bond acceptors (Lipinski definition) is 2. The maximum Gasteiger partial charge on any atom is 0.0998 e. The first kappa shape index (κ1) is 23.8. The Balaban J connectivity index is 1.41. The molecule has 42 heavy (non-hydrogen) atoms. The fourth-order valence-corrected chi connectivity index (χ4v) is 6.47. The lowest BCUT2D eigenvalue weighted by Crippen LogP contribution is -1.99. The van der Waals surface area contributed by atoms with Crippen LogP contribution in [0.4, 0.5) is 0 Å². The number of para-hydroxylation sites is 4. The van der Waals surface area contributed by atoms with Crippen LogP contribution in [-0.4, -0.2) is 9.13 Å². The van der Waals surface area contributed by atoms with Crippen LogP contribution in [0.1, 0.15) is 11.1 Å². The number of rotatable bonds is 3. The number of nitrogens with zero attached hydrogens (tertiary/aromatic N) is 4. The first-order valence-electron chi connectivity index (χ1n) is 13.8. The Morgan fingerprint density at radius 3 is 1.38 bits per heavy atom. The van der Waals surface area contributed by atoms with Gasteiger partial charge in [0.15, 0.2) is 0 Å². The fourth-order valence-electron chi connectivity index (χ4n) is 6.47. The van der Waals surface area contributed by atoms with Gasteiger partial charge in [-0.2, -0.15) is 10.5 Å². The lowest BCUT2D eigenvalue weighted by atomic mass is 9.93. The normalized spacial score (nSPS) is 11.3. The second-order valence-corrected chi connectivity index (χ2v) is 10.4. The van der Waals surface area contributed by atoms with E-state index in [-0.39, 0.29) is 0 Å². The molecule has 0 N–H and O–H groups in total. The van der Waals surface area contributed by atoms with Gasteiger partial charge in [0.05, 0.1) is 45.3 Å². The van der Waals surface area contributed by atoms with Crippen molar-refractivity contribution < 1.29 is 0 Å². The monoisotopic (exact) mass is 534 g/mol. The molecule has 8 rings (SSSR count). The van der Waals surface area contributed by atoms with E-state index in [0.29, 0.717) is 16.7 Å². The van der Waals surface area contributed by atoms with Gasteiger partial charge in [-0.15, -0.1) is 0 Å². The quantitative estimate of drug-likeness (QED) is 0.227. The maximum absolute atomic E-state index is 10.0. The molecule has 0 aliphatic carbocycles. The standard InChI is InChI=1S/C38H22N4/c39-23-25-9-7-10-26(24-40)37(25)33-15-8-14-32-31-13-3-6-18-36(31)42(38(32)33)28-21-19-27(20-22-28)41-34-16-4-1-11-29(34)30-12-2-5-17-35(30)41/h1-22H. The van der Waals surface area contributed by atoms with Crippen molar-refractivity contribution in [3.05, 3.63) is 145 Å². The molecule has 0 fully saturated rings. The van der Waals surface area contributed by atoms with E-state index in [1.165, 1.54) is 21.8 Å². The van der Waals surface area contributed by atoms with Crippen LogP contribution < -0.4 is 0 Å². The number of fused-ring (bicyclic) bond motifs is 6. The summed E-state index contributed by atoms with van der Waals surface area (Å²) < 4.78 is 4.57. The Kier molecular flexibility index (Phi) is 5.22. The summed E-state index contributed by atoms with van der Waals surface area (Å²) in [6, 6.07) is 50.1. The molecule has 0 aliphatic heterocycles. The Hall–Kier alpha value is -6.10. The Bertz CT molecular complexity index is 2340. The molecule has 8 aromatic rings. The molecule has 0 saturated carbocycles. The summed E-state index contributed by atoms with van der Waals surface area (Å²) in [5, 5.41) is 24.7. The minimum Gasteiger partial charge on any atom is -0.309 e. The zero-order valence-corrected chi connectivity index (χ0v) is 22.5. The minimum atomic E-state index is 0.486. The van der Waals surface area contributed by atoms with Crippen molar-refractivity contribution in [1.29, 1.82) is 10.5 Å². The number of aromatic nitrogens is 2. The summed E-state index contributed by atoms with van der Waals surface area (Å²) in [6.45, 7) is 0. The van der Waals surface area contributed by atoms with Crippen molar-refractivity contribution in [2.24, 2.45) is 0 Å². The highest BCUT2D eigenvalue weighted by Gasteiger charge is 2.20. The predicted molar refractivity (Wildman–Crippen MR) is 170 cm³/mol. The van der Waals surface area contributed by atoms with Gasteiger partial charge in [-0.1, -0.05) is 78.9 Å². The Labute approximate surface area is 242 Å². The molecule has 0 bridgehead atoms.